The van der Waals surface area contributed by atoms with E-state index in [1.807, 2.05) is 6.07 Å². The van der Waals surface area contributed by atoms with Crippen LogP contribution >= 0.6 is 22.6 Å². The standard InChI is InChI=1S/C11H12FIO2/c12-9-4-2-1-3-8(9)5-15-11-7-14-6-10(11)13/h1-4,10-11H,5-7H2. The molecule has 2 rings (SSSR count). The van der Waals surface area contributed by atoms with Gasteiger partial charge in [0.15, 0.2) is 0 Å². The van der Waals surface area contributed by atoms with Gasteiger partial charge in [-0.3, -0.25) is 0 Å². The highest BCUT2D eigenvalue weighted by molar-refractivity contribution is 14.1. The van der Waals surface area contributed by atoms with Crippen LogP contribution in [0, 0.1) is 5.82 Å². The molecule has 4 heteroatoms. The van der Waals surface area contributed by atoms with E-state index in [4.69, 9.17) is 9.47 Å². The Labute approximate surface area is 102 Å². The van der Waals surface area contributed by atoms with Crippen LogP contribution < -0.4 is 0 Å². The quantitative estimate of drug-likeness (QED) is 0.629. The Hall–Kier alpha value is -0.200. The number of hydrogen-bond donors (Lipinski definition) is 0. The van der Waals surface area contributed by atoms with E-state index in [1.54, 1.807) is 12.1 Å². The monoisotopic (exact) mass is 322 g/mol. The Morgan fingerprint density at radius 1 is 1.40 bits per heavy atom. The first-order valence-corrected chi connectivity index (χ1v) is 6.09. The van der Waals surface area contributed by atoms with Crippen LogP contribution in [-0.2, 0) is 16.1 Å². The number of benzene rings is 1. The maximum absolute atomic E-state index is 13.2. The zero-order valence-corrected chi connectivity index (χ0v) is 10.3. The third kappa shape index (κ3) is 2.89. The normalized spacial score (nSPS) is 25.7. The Morgan fingerprint density at radius 3 is 2.87 bits per heavy atom. The summed E-state index contributed by atoms with van der Waals surface area (Å²) in [5.41, 5.74) is 0.605. The van der Waals surface area contributed by atoms with Gasteiger partial charge in [-0.1, -0.05) is 40.8 Å². The van der Waals surface area contributed by atoms with Crippen molar-refractivity contribution in [2.75, 3.05) is 13.2 Å². The van der Waals surface area contributed by atoms with Gasteiger partial charge in [-0.15, -0.1) is 0 Å². The van der Waals surface area contributed by atoms with Crippen LogP contribution in [0.2, 0.25) is 0 Å². The molecule has 1 fully saturated rings. The van der Waals surface area contributed by atoms with Crippen molar-refractivity contribution in [2.45, 2.75) is 16.6 Å². The molecule has 1 heterocycles. The van der Waals surface area contributed by atoms with E-state index >= 15 is 0 Å². The van der Waals surface area contributed by atoms with Gasteiger partial charge >= 0.3 is 0 Å². The molecule has 0 N–H and O–H groups in total. The van der Waals surface area contributed by atoms with Gasteiger partial charge in [-0.25, -0.2) is 4.39 Å². The molecule has 1 aromatic carbocycles. The summed E-state index contributed by atoms with van der Waals surface area (Å²) in [6.07, 6.45) is 0.0882. The SMILES string of the molecule is Fc1ccccc1COC1COCC1I. The molecule has 15 heavy (non-hydrogen) atoms. The fourth-order valence-corrected chi connectivity index (χ4v) is 2.14. The Bertz CT molecular complexity index is 332. The van der Waals surface area contributed by atoms with Gasteiger partial charge in [0.2, 0.25) is 0 Å². The van der Waals surface area contributed by atoms with Crippen molar-refractivity contribution in [1.82, 2.24) is 0 Å². The summed E-state index contributed by atoms with van der Waals surface area (Å²) in [6, 6.07) is 6.69. The minimum absolute atomic E-state index is 0.0882. The van der Waals surface area contributed by atoms with Crippen molar-refractivity contribution in [3.8, 4) is 0 Å². The summed E-state index contributed by atoms with van der Waals surface area (Å²) in [6.45, 7) is 1.66. The molecule has 0 saturated carbocycles. The maximum atomic E-state index is 13.2. The Balaban J connectivity index is 1.90. The lowest BCUT2D eigenvalue weighted by Crippen LogP contribution is -2.22. The Kier molecular flexibility index (Phi) is 3.93. The molecule has 1 saturated heterocycles. The maximum Gasteiger partial charge on any atom is 0.128 e. The summed E-state index contributed by atoms with van der Waals surface area (Å²) in [7, 11) is 0. The lowest BCUT2D eigenvalue weighted by Gasteiger charge is -2.13. The molecule has 0 aromatic heterocycles. The molecule has 0 spiro atoms. The van der Waals surface area contributed by atoms with E-state index < -0.39 is 0 Å². The first kappa shape index (κ1) is 11.3. The minimum atomic E-state index is -0.207. The molecule has 82 valence electrons. The first-order chi connectivity index (χ1) is 7.27. The van der Waals surface area contributed by atoms with Crippen LogP contribution in [0.4, 0.5) is 4.39 Å². The van der Waals surface area contributed by atoms with Gasteiger partial charge in [0.1, 0.15) is 5.82 Å². The van der Waals surface area contributed by atoms with Crippen molar-refractivity contribution >= 4 is 22.6 Å². The average Bonchev–Trinajstić information content (AvgIpc) is 2.63. The highest BCUT2D eigenvalue weighted by Crippen LogP contribution is 2.19. The number of alkyl halides is 1. The van der Waals surface area contributed by atoms with Crippen molar-refractivity contribution in [3.05, 3.63) is 35.6 Å². The second kappa shape index (κ2) is 5.23. The molecule has 2 atom stereocenters. The van der Waals surface area contributed by atoms with E-state index in [0.717, 1.165) is 6.61 Å². The number of ether oxygens (including phenoxy) is 2. The number of hydrogen-bond acceptors (Lipinski definition) is 2. The van der Waals surface area contributed by atoms with Crippen molar-refractivity contribution < 1.29 is 13.9 Å². The van der Waals surface area contributed by atoms with Crippen molar-refractivity contribution in [2.24, 2.45) is 0 Å². The molecule has 2 nitrogen and oxygen atoms in total. The molecule has 0 amide bonds. The predicted molar refractivity (Wildman–Crippen MR) is 63.6 cm³/mol. The second-order valence-corrected chi connectivity index (χ2v) is 5.09. The molecule has 1 aliphatic rings. The molecular formula is C11H12FIO2. The van der Waals surface area contributed by atoms with Gasteiger partial charge < -0.3 is 9.47 Å². The van der Waals surface area contributed by atoms with Crippen molar-refractivity contribution in [3.63, 3.8) is 0 Å². The highest BCUT2D eigenvalue weighted by Gasteiger charge is 2.26. The zero-order chi connectivity index (χ0) is 10.7. The summed E-state index contributed by atoms with van der Waals surface area (Å²) >= 11 is 2.30. The average molecular weight is 322 g/mol. The van der Waals surface area contributed by atoms with Crippen LogP contribution in [0.5, 0.6) is 0 Å². The smallest absolute Gasteiger partial charge is 0.128 e. The predicted octanol–water partition coefficient (Wildman–Crippen LogP) is 2.54. The van der Waals surface area contributed by atoms with Crippen LogP contribution in [0.25, 0.3) is 0 Å². The van der Waals surface area contributed by atoms with E-state index in [-0.39, 0.29) is 11.9 Å². The fraction of sp³-hybridized carbons (Fsp3) is 0.455. The third-order valence-corrected chi connectivity index (χ3v) is 3.54. The summed E-state index contributed by atoms with van der Waals surface area (Å²) in [4.78, 5) is 0. The van der Waals surface area contributed by atoms with Crippen molar-refractivity contribution in [1.29, 1.82) is 0 Å². The molecule has 1 aliphatic heterocycles. The molecule has 1 aromatic rings. The summed E-state index contributed by atoms with van der Waals surface area (Å²) in [5.74, 6) is -0.207. The summed E-state index contributed by atoms with van der Waals surface area (Å²) in [5, 5.41) is 0. The van der Waals surface area contributed by atoms with Crippen LogP contribution in [0.1, 0.15) is 5.56 Å². The molecule has 2 unspecified atom stereocenters. The molecule has 0 aliphatic carbocycles. The number of halogens is 2. The van der Waals surface area contributed by atoms with E-state index in [0.29, 0.717) is 22.7 Å². The topological polar surface area (TPSA) is 18.5 Å². The largest absolute Gasteiger partial charge is 0.378 e. The fourth-order valence-electron chi connectivity index (χ4n) is 1.47. The van der Waals surface area contributed by atoms with Crippen LogP contribution in [0.3, 0.4) is 0 Å². The Morgan fingerprint density at radius 2 is 2.20 bits per heavy atom. The molecule has 0 radical (unpaired) electrons. The van der Waals surface area contributed by atoms with E-state index in [1.165, 1.54) is 6.07 Å². The summed E-state index contributed by atoms with van der Waals surface area (Å²) < 4.78 is 24.5. The van der Waals surface area contributed by atoms with E-state index in [2.05, 4.69) is 22.6 Å². The first-order valence-electron chi connectivity index (χ1n) is 4.84. The van der Waals surface area contributed by atoms with Gasteiger partial charge in [0, 0.05) is 5.56 Å². The molecular weight excluding hydrogens is 310 g/mol. The minimum Gasteiger partial charge on any atom is -0.378 e. The van der Waals surface area contributed by atoms with Gasteiger partial charge in [0.25, 0.3) is 0 Å². The van der Waals surface area contributed by atoms with Gasteiger partial charge in [-0.05, 0) is 6.07 Å². The number of rotatable bonds is 3. The highest BCUT2D eigenvalue weighted by atomic mass is 127. The second-order valence-electron chi connectivity index (χ2n) is 3.49. The van der Waals surface area contributed by atoms with Gasteiger partial charge in [-0.2, -0.15) is 0 Å². The van der Waals surface area contributed by atoms with Crippen LogP contribution in [-0.4, -0.2) is 23.2 Å². The van der Waals surface area contributed by atoms with Crippen LogP contribution in [0.15, 0.2) is 24.3 Å². The third-order valence-electron chi connectivity index (χ3n) is 2.37. The van der Waals surface area contributed by atoms with E-state index in [9.17, 15) is 4.39 Å². The molecule has 0 bridgehead atoms. The zero-order valence-electron chi connectivity index (χ0n) is 8.16. The lowest BCUT2D eigenvalue weighted by atomic mass is 10.2. The van der Waals surface area contributed by atoms with Gasteiger partial charge in [0.05, 0.1) is 29.8 Å². The lowest BCUT2D eigenvalue weighted by molar-refractivity contribution is 0.0333.